The summed E-state index contributed by atoms with van der Waals surface area (Å²) in [6, 6.07) is 29.3. The van der Waals surface area contributed by atoms with E-state index < -0.39 is 0 Å². The van der Waals surface area contributed by atoms with Gasteiger partial charge >= 0.3 is 0 Å². The van der Waals surface area contributed by atoms with Crippen LogP contribution in [0.1, 0.15) is 21.5 Å². The second-order valence-corrected chi connectivity index (χ2v) is 9.73. The van der Waals surface area contributed by atoms with E-state index in [1.54, 1.807) is 43.5 Å². The monoisotopic (exact) mass is 548 g/mol. The predicted molar refractivity (Wildman–Crippen MR) is 161 cm³/mol. The highest BCUT2D eigenvalue weighted by Gasteiger charge is 2.18. The second kappa shape index (κ2) is 12.7. The SMILES string of the molecule is COc1ccc(C(=O)N[C@H](COc2ccc(CC(=O)Nc3ccccc3N)cc2)Cc2c[nH]c3ccccc23)cc1. The zero-order valence-electron chi connectivity index (χ0n) is 22.7. The number of para-hydroxylation sites is 3. The van der Waals surface area contributed by atoms with Gasteiger partial charge in [-0.2, -0.15) is 0 Å². The summed E-state index contributed by atoms with van der Waals surface area (Å²) in [5, 5.41) is 7.07. The van der Waals surface area contributed by atoms with E-state index in [-0.39, 0.29) is 30.9 Å². The lowest BCUT2D eigenvalue weighted by Gasteiger charge is -2.20. The third kappa shape index (κ3) is 7.05. The summed E-state index contributed by atoms with van der Waals surface area (Å²) in [5.74, 6) is 0.979. The molecule has 0 saturated carbocycles. The summed E-state index contributed by atoms with van der Waals surface area (Å²) in [5.41, 5.74) is 10.5. The Hall–Kier alpha value is -5.24. The van der Waals surface area contributed by atoms with Gasteiger partial charge in [0.05, 0.1) is 30.9 Å². The zero-order chi connectivity index (χ0) is 28.6. The van der Waals surface area contributed by atoms with Crippen LogP contribution in [0.25, 0.3) is 10.9 Å². The maximum absolute atomic E-state index is 13.1. The topological polar surface area (TPSA) is 118 Å². The van der Waals surface area contributed by atoms with E-state index in [4.69, 9.17) is 15.2 Å². The van der Waals surface area contributed by atoms with Gasteiger partial charge in [0.1, 0.15) is 18.1 Å². The minimum atomic E-state index is -0.300. The number of amides is 2. The number of H-pyrrole nitrogens is 1. The van der Waals surface area contributed by atoms with E-state index in [0.717, 1.165) is 22.0 Å². The van der Waals surface area contributed by atoms with Crippen molar-refractivity contribution in [3.05, 3.63) is 120 Å². The summed E-state index contributed by atoms with van der Waals surface area (Å²) >= 11 is 0. The molecule has 0 unspecified atom stereocenters. The van der Waals surface area contributed by atoms with E-state index in [2.05, 4.69) is 21.7 Å². The van der Waals surface area contributed by atoms with Crippen LogP contribution < -0.4 is 25.8 Å². The Bertz CT molecular complexity index is 1630. The average Bonchev–Trinajstić information content (AvgIpc) is 3.40. The molecule has 0 aliphatic heterocycles. The second-order valence-electron chi connectivity index (χ2n) is 9.73. The van der Waals surface area contributed by atoms with Crippen LogP contribution in [-0.4, -0.2) is 36.6 Å². The predicted octanol–water partition coefficient (Wildman–Crippen LogP) is 5.36. The highest BCUT2D eigenvalue weighted by Crippen LogP contribution is 2.21. The quantitative estimate of drug-likeness (QED) is 0.166. The van der Waals surface area contributed by atoms with E-state index in [0.29, 0.717) is 34.9 Å². The number of benzene rings is 4. The van der Waals surface area contributed by atoms with Crippen LogP contribution in [0.5, 0.6) is 11.5 Å². The minimum Gasteiger partial charge on any atom is -0.497 e. The van der Waals surface area contributed by atoms with Gasteiger partial charge in [0.25, 0.3) is 5.91 Å². The number of hydrogen-bond acceptors (Lipinski definition) is 5. The fourth-order valence-electron chi connectivity index (χ4n) is 4.62. The van der Waals surface area contributed by atoms with Crippen molar-refractivity contribution in [2.24, 2.45) is 0 Å². The van der Waals surface area contributed by atoms with Crippen molar-refractivity contribution in [2.45, 2.75) is 18.9 Å². The van der Waals surface area contributed by atoms with E-state index in [1.165, 1.54) is 0 Å². The molecule has 0 spiro atoms. The molecule has 1 aromatic heterocycles. The number of anilines is 2. The van der Waals surface area contributed by atoms with Gasteiger partial charge in [-0.25, -0.2) is 0 Å². The number of carbonyl (C=O) groups is 2. The summed E-state index contributed by atoms with van der Waals surface area (Å²) < 4.78 is 11.3. The molecule has 5 aromatic rings. The fraction of sp³-hybridized carbons (Fsp3) is 0.152. The van der Waals surface area contributed by atoms with Crippen LogP contribution >= 0.6 is 0 Å². The van der Waals surface area contributed by atoms with Crippen LogP contribution in [-0.2, 0) is 17.6 Å². The van der Waals surface area contributed by atoms with Gasteiger partial charge < -0.3 is 30.8 Å². The number of nitrogens with one attached hydrogen (secondary N) is 3. The molecule has 0 fully saturated rings. The molecule has 8 heteroatoms. The summed E-state index contributed by atoms with van der Waals surface area (Å²) in [6.45, 7) is 0.258. The van der Waals surface area contributed by atoms with Gasteiger partial charge in [-0.3, -0.25) is 9.59 Å². The summed E-state index contributed by atoms with van der Waals surface area (Å²) in [6.07, 6.45) is 2.75. The molecule has 2 amide bonds. The molecule has 0 saturated heterocycles. The van der Waals surface area contributed by atoms with Gasteiger partial charge in [0, 0.05) is 22.7 Å². The molecule has 1 atom stereocenters. The third-order valence-electron chi connectivity index (χ3n) is 6.80. The van der Waals surface area contributed by atoms with Crippen molar-refractivity contribution in [3.8, 4) is 11.5 Å². The number of hydrogen-bond donors (Lipinski definition) is 4. The number of fused-ring (bicyclic) bond motifs is 1. The first-order valence-corrected chi connectivity index (χ1v) is 13.3. The number of nitrogen functional groups attached to an aromatic ring is 1. The van der Waals surface area contributed by atoms with Gasteiger partial charge in [0.15, 0.2) is 0 Å². The lowest BCUT2D eigenvalue weighted by Crippen LogP contribution is -2.40. The smallest absolute Gasteiger partial charge is 0.251 e. The number of nitrogens with two attached hydrogens (primary N) is 1. The van der Waals surface area contributed by atoms with Gasteiger partial charge in [-0.1, -0.05) is 42.5 Å². The molecule has 0 bridgehead atoms. The molecule has 0 aliphatic carbocycles. The van der Waals surface area contributed by atoms with Crippen LogP contribution in [0.3, 0.4) is 0 Å². The fourth-order valence-corrected chi connectivity index (χ4v) is 4.62. The largest absolute Gasteiger partial charge is 0.497 e. The maximum Gasteiger partial charge on any atom is 0.251 e. The van der Waals surface area contributed by atoms with Crippen molar-refractivity contribution >= 4 is 34.1 Å². The molecule has 0 radical (unpaired) electrons. The molecule has 208 valence electrons. The molecular formula is C33H32N4O4. The Morgan fingerprint density at radius 2 is 1.59 bits per heavy atom. The first-order valence-electron chi connectivity index (χ1n) is 13.3. The van der Waals surface area contributed by atoms with Crippen molar-refractivity contribution in [1.82, 2.24) is 10.3 Å². The number of carbonyl (C=O) groups excluding carboxylic acids is 2. The van der Waals surface area contributed by atoms with E-state index >= 15 is 0 Å². The number of rotatable bonds is 11. The van der Waals surface area contributed by atoms with Crippen LogP contribution in [0.2, 0.25) is 0 Å². The highest BCUT2D eigenvalue weighted by molar-refractivity contribution is 5.95. The van der Waals surface area contributed by atoms with Crippen molar-refractivity contribution in [1.29, 1.82) is 0 Å². The lowest BCUT2D eigenvalue weighted by atomic mass is 10.0. The van der Waals surface area contributed by atoms with Crippen LogP contribution in [0, 0.1) is 0 Å². The number of aromatic nitrogens is 1. The molecule has 5 rings (SSSR count). The van der Waals surface area contributed by atoms with E-state index in [9.17, 15) is 9.59 Å². The first-order chi connectivity index (χ1) is 20.0. The molecule has 5 N–H and O–H groups in total. The van der Waals surface area contributed by atoms with Gasteiger partial charge in [-0.05, 0) is 72.1 Å². The molecule has 1 heterocycles. The summed E-state index contributed by atoms with van der Waals surface area (Å²) in [7, 11) is 1.59. The van der Waals surface area contributed by atoms with Gasteiger partial charge in [-0.15, -0.1) is 0 Å². The number of methoxy groups -OCH3 is 1. The van der Waals surface area contributed by atoms with Crippen LogP contribution in [0.15, 0.2) is 103 Å². The standard InChI is InChI=1S/C33H32N4O4/c1-40-26-16-12-23(13-17-26)33(39)36-25(19-24-20-35-30-8-4-2-6-28(24)30)21-41-27-14-10-22(11-15-27)18-32(38)37-31-9-5-3-7-29(31)34/h2-17,20,25,35H,18-19,21,34H2,1H3,(H,36,39)(H,37,38)/t25-/m0/s1. The van der Waals surface area contributed by atoms with Crippen LogP contribution in [0.4, 0.5) is 11.4 Å². The number of aromatic amines is 1. The Balaban J connectivity index is 1.24. The average molecular weight is 549 g/mol. The normalized spacial score (nSPS) is 11.5. The van der Waals surface area contributed by atoms with Crippen molar-refractivity contribution in [3.63, 3.8) is 0 Å². The molecule has 0 aliphatic rings. The zero-order valence-corrected chi connectivity index (χ0v) is 22.7. The Kier molecular flexibility index (Phi) is 8.49. The molecule has 4 aromatic carbocycles. The Labute approximate surface area is 238 Å². The van der Waals surface area contributed by atoms with Crippen molar-refractivity contribution < 1.29 is 19.1 Å². The third-order valence-corrected chi connectivity index (χ3v) is 6.80. The Morgan fingerprint density at radius 1 is 0.878 bits per heavy atom. The van der Waals surface area contributed by atoms with E-state index in [1.807, 2.05) is 60.8 Å². The Morgan fingerprint density at radius 3 is 2.34 bits per heavy atom. The number of ether oxygens (including phenoxy) is 2. The summed E-state index contributed by atoms with van der Waals surface area (Å²) in [4.78, 5) is 28.9. The minimum absolute atomic E-state index is 0.156. The molecular weight excluding hydrogens is 516 g/mol. The lowest BCUT2D eigenvalue weighted by molar-refractivity contribution is -0.115. The van der Waals surface area contributed by atoms with Crippen molar-refractivity contribution in [2.75, 3.05) is 24.8 Å². The molecule has 8 nitrogen and oxygen atoms in total. The van der Waals surface area contributed by atoms with Gasteiger partial charge in [0.2, 0.25) is 5.91 Å². The highest BCUT2D eigenvalue weighted by atomic mass is 16.5. The first kappa shape index (κ1) is 27.3. The maximum atomic E-state index is 13.1. The molecule has 41 heavy (non-hydrogen) atoms.